The predicted octanol–water partition coefficient (Wildman–Crippen LogP) is 7.78. The average molecular weight is 467 g/mol. The van der Waals surface area contributed by atoms with Crippen LogP contribution in [0.2, 0.25) is 0 Å². The molecule has 1 aliphatic rings. The summed E-state index contributed by atoms with van der Waals surface area (Å²) in [4.78, 5) is 10.6. The molecule has 5 aromatic carbocycles. The summed E-state index contributed by atoms with van der Waals surface area (Å²) in [6.45, 7) is 0. The van der Waals surface area contributed by atoms with E-state index in [0.717, 1.165) is 67.3 Å². The van der Waals surface area contributed by atoms with Gasteiger partial charge >= 0.3 is 0 Å². The summed E-state index contributed by atoms with van der Waals surface area (Å²) >= 11 is 0. The summed E-state index contributed by atoms with van der Waals surface area (Å²) < 4.78 is 10.8. The molecule has 0 atom stereocenters. The third-order valence-corrected chi connectivity index (χ3v) is 7.04. The van der Waals surface area contributed by atoms with Crippen LogP contribution in [0.5, 0.6) is 11.5 Å². The molecule has 4 heteroatoms. The highest BCUT2D eigenvalue weighted by molar-refractivity contribution is 6.15. The summed E-state index contributed by atoms with van der Waals surface area (Å²) in [5.41, 5.74) is 10.2. The molecule has 0 aliphatic heterocycles. The third-order valence-electron chi connectivity index (χ3n) is 7.04. The first-order valence-corrected chi connectivity index (χ1v) is 11.9. The lowest BCUT2D eigenvalue weighted by atomic mass is 9.97. The second-order valence-corrected chi connectivity index (χ2v) is 8.94. The first-order valence-electron chi connectivity index (χ1n) is 11.9. The van der Waals surface area contributed by atoms with Gasteiger partial charge in [-0.3, -0.25) is 0 Å². The van der Waals surface area contributed by atoms with Gasteiger partial charge in [0.1, 0.15) is 11.5 Å². The maximum absolute atomic E-state index is 5.38. The number of hydrogen-bond acceptors (Lipinski definition) is 4. The van der Waals surface area contributed by atoms with Crippen molar-refractivity contribution in [2.75, 3.05) is 14.2 Å². The Morgan fingerprint density at radius 1 is 0.472 bits per heavy atom. The second-order valence-electron chi connectivity index (χ2n) is 8.94. The largest absolute Gasteiger partial charge is 0.497 e. The molecule has 0 fully saturated rings. The van der Waals surface area contributed by atoms with Gasteiger partial charge in [-0.2, -0.15) is 0 Å². The van der Waals surface area contributed by atoms with E-state index in [2.05, 4.69) is 72.8 Å². The fourth-order valence-electron chi connectivity index (χ4n) is 5.25. The van der Waals surface area contributed by atoms with Crippen molar-refractivity contribution in [1.82, 2.24) is 9.97 Å². The summed E-state index contributed by atoms with van der Waals surface area (Å²) in [5, 5.41) is 2.43. The summed E-state index contributed by atoms with van der Waals surface area (Å²) in [7, 11) is 3.36. The molecule has 7 rings (SSSR count). The van der Waals surface area contributed by atoms with Gasteiger partial charge in [-0.15, -0.1) is 0 Å². The zero-order valence-electron chi connectivity index (χ0n) is 19.9. The van der Waals surface area contributed by atoms with Gasteiger partial charge in [0.05, 0.1) is 36.6 Å². The van der Waals surface area contributed by atoms with Gasteiger partial charge in [-0.1, -0.05) is 72.8 Å². The molecule has 0 unspecified atom stereocenters. The van der Waals surface area contributed by atoms with E-state index < -0.39 is 0 Å². The fourth-order valence-corrected chi connectivity index (χ4v) is 5.25. The molecular weight excluding hydrogens is 444 g/mol. The number of methoxy groups -OCH3 is 2. The summed E-state index contributed by atoms with van der Waals surface area (Å²) in [5.74, 6) is 1.65. The number of hydrogen-bond donors (Lipinski definition) is 0. The summed E-state index contributed by atoms with van der Waals surface area (Å²) in [6.07, 6.45) is 0. The molecule has 0 amide bonds. The molecule has 4 nitrogen and oxygen atoms in total. The molecule has 0 spiro atoms. The highest BCUT2D eigenvalue weighted by Crippen LogP contribution is 2.47. The third kappa shape index (κ3) is 3.01. The zero-order chi connectivity index (χ0) is 24.2. The maximum atomic E-state index is 5.38. The van der Waals surface area contributed by atoms with Crippen molar-refractivity contribution in [3.8, 4) is 56.3 Å². The predicted molar refractivity (Wildman–Crippen MR) is 145 cm³/mol. The molecule has 0 N–H and O–H groups in total. The topological polar surface area (TPSA) is 44.2 Å². The molecule has 0 bridgehead atoms. The first kappa shape index (κ1) is 20.7. The van der Waals surface area contributed by atoms with Crippen molar-refractivity contribution in [2.24, 2.45) is 0 Å². The highest BCUT2D eigenvalue weighted by Gasteiger charge is 2.26. The molecule has 172 valence electrons. The number of rotatable bonds is 4. The van der Waals surface area contributed by atoms with Crippen molar-refractivity contribution in [3.63, 3.8) is 0 Å². The van der Waals surface area contributed by atoms with Gasteiger partial charge in [-0.05, 0) is 40.8 Å². The van der Waals surface area contributed by atoms with Crippen molar-refractivity contribution in [3.05, 3.63) is 97.1 Å². The van der Waals surface area contributed by atoms with E-state index in [4.69, 9.17) is 19.4 Å². The minimum absolute atomic E-state index is 0.826. The minimum atomic E-state index is 0.826. The van der Waals surface area contributed by atoms with Crippen LogP contribution in [0.1, 0.15) is 0 Å². The lowest BCUT2D eigenvalue weighted by Gasteiger charge is -2.14. The van der Waals surface area contributed by atoms with Crippen LogP contribution in [0.15, 0.2) is 97.1 Å². The Balaban J connectivity index is 1.54. The molecule has 36 heavy (non-hydrogen) atoms. The Bertz CT molecular complexity index is 1660. The molecule has 0 radical (unpaired) electrons. The van der Waals surface area contributed by atoms with Crippen molar-refractivity contribution >= 4 is 21.8 Å². The van der Waals surface area contributed by atoms with Crippen LogP contribution in [0, 0.1) is 0 Å². The Labute approximate surface area is 208 Å². The van der Waals surface area contributed by atoms with Gasteiger partial charge in [-0.25, -0.2) is 9.97 Å². The van der Waals surface area contributed by atoms with Crippen molar-refractivity contribution < 1.29 is 9.47 Å². The lowest BCUT2D eigenvalue weighted by molar-refractivity contribution is 0.415. The van der Waals surface area contributed by atoms with Crippen molar-refractivity contribution in [2.45, 2.75) is 0 Å². The molecule has 1 aliphatic carbocycles. The van der Waals surface area contributed by atoms with Crippen LogP contribution in [0.3, 0.4) is 0 Å². The number of aromatic nitrogens is 2. The maximum Gasteiger partial charge on any atom is 0.118 e. The Kier molecular flexibility index (Phi) is 4.55. The molecule has 0 saturated carbocycles. The Morgan fingerprint density at radius 3 is 1.33 bits per heavy atom. The quantitative estimate of drug-likeness (QED) is 0.266. The number of fused-ring (bicyclic) bond motifs is 4. The molecule has 0 saturated heterocycles. The Morgan fingerprint density at radius 2 is 0.917 bits per heavy atom. The van der Waals surface area contributed by atoms with Crippen LogP contribution in [-0.2, 0) is 0 Å². The summed E-state index contributed by atoms with van der Waals surface area (Å²) in [6, 6.07) is 33.3. The number of ether oxygens (including phenoxy) is 2. The van der Waals surface area contributed by atoms with E-state index in [0.29, 0.717) is 0 Å². The second kappa shape index (κ2) is 7.92. The van der Waals surface area contributed by atoms with Gasteiger partial charge < -0.3 is 9.47 Å². The smallest absolute Gasteiger partial charge is 0.118 e. The highest BCUT2D eigenvalue weighted by atomic mass is 16.5. The van der Waals surface area contributed by atoms with Gasteiger partial charge in [0.25, 0.3) is 0 Å². The van der Waals surface area contributed by atoms with E-state index in [9.17, 15) is 0 Å². The van der Waals surface area contributed by atoms with E-state index in [-0.39, 0.29) is 0 Å². The SMILES string of the molecule is COc1ccc(-c2ccc(-c3ccc(OC)cc3)c3nc4c(nc23)-c2cccc3cccc-4c23)cc1. The monoisotopic (exact) mass is 466 g/mol. The van der Waals surface area contributed by atoms with Crippen LogP contribution in [-0.4, -0.2) is 24.2 Å². The Hall–Kier alpha value is -4.70. The minimum Gasteiger partial charge on any atom is -0.497 e. The average Bonchev–Trinajstić information content (AvgIpc) is 3.26. The van der Waals surface area contributed by atoms with Gasteiger partial charge in [0.2, 0.25) is 0 Å². The van der Waals surface area contributed by atoms with Crippen LogP contribution in [0.25, 0.3) is 66.6 Å². The van der Waals surface area contributed by atoms with Crippen LogP contribution < -0.4 is 9.47 Å². The van der Waals surface area contributed by atoms with Crippen molar-refractivity contribution in [1.29, 1.82) is 0 Å². The van der Waals surface area contributed by atoms with Crippen LogP contribution >= 0.6 is 0 Å². The lowest BCUT2D eigenvalue weighted by Crippen LogP contribution is -1.96. The van der Waals surface area contributed by atoms with E-state index in [1.165, 1.54) is 10.8 Å². The van der Waals surface area contributed by atoms with Gasteiger partial charge in [0, 0.05) is 27.6 Å². The first-order chi connectivity index (χ1) is 17.7. The molecule has 1 heterocycles. The van der Waals surface area contributed by atoms with E-state index >= 15 is 0 Å². The fraction of sp³-hybridized carbons (Fsp3) is 0.0625. The number of benzene rings is 5. The van der Waals surface area contributed by atoms with E-state index in [1.807, 2.05) is 24.3 Å². The zero-order valence-corrected chi connectivity index (χ0v) is 19.9. The van der Waals surface area contributed by atoms with Gasteiger partial charge in [0.15, 0.2) is 0 Å². The molecule has 1 aromatic heterocycles. The normalized spacial score (nSPS) is 11.6. The van der Waals surface area contributed by atoms with E-state index in [1.54, 1.807) is 14.2 Å². The van der Waals surface area contributed by atoms with Crippen LogP contribution in [0.4, 0.5) is 0 Å². The standard InChI is InChI=1S/C32H22N2O2/c1-35-22-13-9-19(10-14-22)24-17-18-25(20-11-15-23(36-2)16-12-20)30-29(24)33-31-26-7-3-5-21-6-4-8-27(28(21)26)32(31)34-30/h3-18H,1-2H3. The number of nitrogens with zero attached hydrogens (tertiary/aromatic N) is 2. The molecular formula is C32H22N2O2. The molecule has 6 aromatic rings.